The fraction of sp³-hybridized carbons (Fsp3) is 0.250. The van der Waals surface area contributed by atoms with E-state index in [-0.39, 0.29) is 5.78 Å². The lowest BCUT2D eigenvalue weighted by Crippen LogP contribution is -2.28. The summed E-state index contributed by atoms with van der Waals surface area (Å²) in [5.41, 5.74) is 3.06. The predicted molar refractivity (Wildman–Crippen MR) is 105 cm³/mol. The topological polar surface area (TPSA) is 58.1 Å². The molecule has 1 N–H and O–H groups in total. The van der Waals surface area contributed by atoms with Crippen LogP contribution in [0.4, 0.5) is 5.82 Å². The largest absolute Gasteiger partial charge is 0.355 e. The van der Waals surface area contributed by atoms with Crippen molar-refractivity contribution < 1.29 is 4.79 Å². The van der Waals surface area contributed by atoms with Crippen molar-refractivity contribution in [2.45, 2.75) is 6.42 Å². The van der Waals surface area contributed by atoms with Crippen LogP contribution in [0, 0.1) is 0 Å². The van der Waals surface area contributed by atoms with Gasteiger partial charge in [0, 0.05) is 43.2 Å². The van der Waals surface area contributed by atoms with E-state index in [4.69, 9.17) is 0 Å². The molecule has 0 spiro atoms. The molecule has 5 nitrogen and oxygen atoms in total. The maximum Gasteiger partial charge on any atom is 0.212 e. The van der Waals surface area contributed by atoms with Gasteiger partial charge in [-0.2, -0.15) is 11.3 Å². The van der Waals surface area contributed by atoms with Crippen molar-refractivity contribution in [3.8, 4) is 11.1 Å². The Bertz CT molecular complexity index is 886. The summed E-state index contributed by atoms with van der Waals surface area (Å²) in [5.74, 6) is 0.769. The molecule has 0 saturated carbocycles. The van der Waals surface area contributed by atoms with Crippen LogP contribution in [0.1, 0.15) is 22.5 Å². The Labute approximate surface area is 156 Å². The molecule has 1 fully saturated rings. The van der Waals surface area contributed by atoms with E-state index in [0.29, 0.717) is 11.3 Å². The monoisotopic (exact) mass is 364 g/mol. The highest BCUT2D eigenvalue weighted by Crippen LogP contribution is 2.23. The zero-order chi connectivity index (χ0) is 17.8. The van der Waals surface area contributed by atoms with Crippen molar-refractivity contribution in [3.63, 3.8) is 0 Å². The standard InChI is InChI=1S/C20H20N4OS/c25-20(17-11-16(12-22-13-17)15-5-10-26-14-15)18-3-1-4-19(23-18)24-8-2-6-21-7-9-24/h1,3-5,10-14,21H,2,6-9H2. The van der Waals surface area contributed by atoms with Gasteiger partial charge in [0.25, 0.3) is 0 Å². The Morgan fingerprint density at radius 2 is 2.08 bits per heavy atom. The highest BCUT2D eigenvalue weighted by Gasteiger charge is 2.16. The van der Waals surface area contributed by atoms with Crippen LogP contribution in [0.25, 0.3) is 11.1 Å². The summed E-state index contributed by atoms with van der Waals surface area (Å²) in [4.78, 5) is 24.1. The van der Waals surface area contributed by atoms with Crippen molar-refractivity contribution in [2.24, 2.45) is 0 Å². The second-order valence-electron chi connectivity index (χ2n) is 6.28. The fourth-order valence-electron chi connectivity index (χ4n) is 3.10. The maximum absolute atomic E-state index is 12.9. The number of carbonyl (C=O) groups excluding carboxylic acids is 1. The lowest BCUT2D eigenvalue weighted by atomic mass is 10.1. The molecule has 1 aliphatic rings. The minimum absolute atomic E-state index is 0.0932. The smallest absolute Gasteiger partial charge is 0.212 e. The van der Waals surface area contributed by atoms with Crippen LogP contribution in [-0.2, 0) is 0 Å². The third-order valence-electron chi connectivity index (χ3n) is 4.49. The molecule has 0 radical (unpaired) electrons. The Morgan fingerprint density at radius 1 is 1.12 bits per heavy atom. The van der Waals surface area contributed by atoms with Gasteiger partial charge in [-0.15, -0.1) is 0 Å². The van der Waals surface area contributed by atoms with Gasteiger partial charge in [-0.3, -0.25) is 9.78 Å². The van der Waals surface area contributed by atoms with Gasteiger partial charge in [0.15, 0.2) is 0 Å². The molecule has 0 aromatic carbocycles. The quantitative estimate of drug-likeness (QED) is 0.720. The molecule has 0 unspecified atom stereocenters. The molecule has 0 bridgehead atoms. The number of thiophene rings is 1. The maximum atomic E-state index is 12.9. The zero-order valence-corrected chi connectivity index (χ0v) is 15.2. The number of hydrogen-bond donors (Lipinski definition) is 1. The van der Waals surface area contributed by atoms with Crippen LogP contribution in [0.5, 0.6) is 0 Å². The molecule has 132 valence electrons. The first-order chi connectivity index (χ1) is 12.8. The second kappa shape index (κ2) is 7.76. The van der Waals surface area contributed by atoms with E-state index in [1.807, 2.05) is 29.6 Å². The first kappa shape index (κ1) is 16.9. The van der Waals surface area contributed by atoms with Crippen molar-refractivity contribution >= 4 is 22.9 Å². The van der Waals surface area contributed by atoms with E-state index in [0.717, 1.165) is 49.5 Å². The minimum Gasteiger partial charge on any atom is -0.355 e. The molecule has 3 aromatic heterocycles. The molecule has 0 atom stereocenters. The number of pyridine rings is 2. The first-order valence-corrected chi connectivity index (χ1v) is 9.70. The Kier molecular flexibility index (Phi) is 5.04. The molecular weight excluding hydrogens is 344 g/mol. The molecule has 0 amide bonds. The zero-order valence-electron chi connectivity index (χ0n) is 14.4. The number of nitrogens with one attached hydrogen (secondary N) is 1. The molecule has 0 aliphatic carbocycles. The summed E-state index contributed by atoms with van der Waals surface area (Å²) in [6, 6.07) is 9.58. The van der Waals surface area contributed by atoms with Gasteiger partial charge < -0.3 is 10.2 Å². The molecule has 26 heavy (non-hydrogen) atoms. The van der Waals surface area contributed by atoms with Crippen LogP contribution < -0.4 is 10.2 Å². The Hall–Kier alpha value is -2.57. The van der Waals surface area contributed by atoms with Crippen LogP contribution in [0.15, 0.2) is 53.5 Å². The highest BCUT2D eigenvalue weighted by atomic mass is 32.1. The molecule has 1 saturated heterocycles. The van der Waals surface area contributed by atoms with E-state index in [1.165, 1.54) is 0 Å². The van der Waals surface area contributed by atoms with Gasteiger partial charge >= 0.3 is 0 Å². The number of carbonyl (C=O) groups is 1. The van der Waals surface area contributed by atoms with E-state index in [2.05, 4.69) is 25.6 Å². The average Bonchev–Trinajstić information content (AvgIpc) is 3.10. The summed E-state index contributed by atoms with van der Waals surface area (Å²) in [5, 5.41) is 7.46. The Morgan fingerprint density at radius 3 is 2.96 bits per heavy atom. The van der Waals surface area contributed by atoms with Crippen LogP contribution in [0.3, 0.4) is 0 Å². The first-order valence-electron chi connectivity index (χ1n) is 8.76. The Balaban J connectivity index is 1.60. The van der Waals surface area contributed by atoms with Gasteiger partial charge in [0.1, 0.15) is 11.5 Å². The number of anilines is 1. The van der Waals surface area contributed by atoms with Gasteiger partial charge in [-0.1, -0.05) is 6.07 Å². The van der Waals surface area contributed by atoms with Gasteiger partial charge in [0.2, 0.25) is 5.78 Å². The SMILES string of the molecule is O=C(c1cncc(-c2ccsc2)c1)c1cccc(N2CCCNCC2)n1. The summed E-state index contributed by atoms with van der Waals surface area (Å²) < 4.78 is 0. The number of ketones is 1. The molecule has 4 rings (SSSR count). The third kappa shape index (κ3) is 3.66. The number of aromatic nitrogens is 2. The summed E-state index contributed by atoms with van der Waals surface area (Å²) >= 11 is 1.63. The minimum atomic E-state index is -0.0932. The fourth-order valence-corrected chi connectivity index (χ4v) is 3.76. The van der Waals surface area contributed by atoms with E-state index in [1.54, 1.807) is 29.8 Å². The number of hydrogen-bond acceptors (Lipinski definition) is 6. The van der Waals surface area contributed by atoms with E-state index >= 15 is 0 Å². The van der Waals surface area contributed by atoms with Crippen molar-refractivity contribution in [1.82, 2.24) is 15.3 Å². The van der Waals surface area contributed by atoms with E-state index < -0.39 is 0 Å². The van der Waals surface area contributed by atoms with Gasteiger partial charge in [-0.25, -0.2) is 4.98 Å². The molecule has 6 heteroatoms. The van der Waals surface area contributed by atoms with Gasteiger partial charge in [0.05, 0.1) is 0 Å². The van der Waals surface area contributed by atoms with Crippen LogP contribution in [0.2, 0.25) is 0 Å². The van der Waals surface area contributed by atoms with Gasteiger partial charge in [-0.05, 0) is 53.6 Å². The second-order valence-corrected chi connectivity index (χ2v) is 7.06. The van der Waals surface area contributed by atoms with Crippen molar-refractivity contribution in [3.05, 3.63) is 64.7 Å². The number of rotatable bonds is 4. The van der Waals surface area contributed by atoms with Crippen molar-refractivity contribution in [1.29, 1.82) is 0 Å². The third-order valence-corrected chi connectivity index (χ3v) is 5.17. The lowest BCUT2D eigenvalue weighted by molar-refractivity contribution is 0.103. The normalized spacial score (nSPS) is 14.8. The van der Waals surface area contributed by atoms with Crippen molar-refractivity contribution in [2.75, 3.05) is 31.1 Å². The van der Waals surface area contributed by atoms with Crippen LogP contribution >= 0.6 is 11.3 Å². The summed E-state index contributed by atoms with van der Waals surface area (Å²) in [7, 11) is 0. The molecular formula is C20H20N4OS. The molecule has 1 aliphatic heterocycles. The average molecular weight is 364 g/mol. The van der Waals surface area contributed by atoms with Crippen LogP contribution in [-0.4, -0.2) is 41.9 Å². The summed E-state index contributed by atoms with van der Waals surface area (Å²) in [6.45, 7) is 3.81. The predicted octanol–water partition coefficient (Wildman–Crippen LogP) is 3.24. The highest BCUT2D eigenvalue weighted by molar-refractivity contribution is 7.08. The van der Waals surface area contributed by atoms with E-state index in [9.17, 15) is 4.79 Å². The molecule has 4 heterocycles. The lowest BCUT2D eigenvalue weighted by Gasteiger charge is -2.21. The summed E-state index contributed by atoms with van der Waals surface area (Å²) in [6.07, 6.45) is 4.47. The molecule has 3 aromatic rings. The number of nitrogens with zero attached hydrogens (tertiary/aromatic N) is 3.